The van der Waals surface area contributed by atoms with Crippen molar-refractivity contribution in [1.82, 2.24) is 9.62 Å². The molecule has 0 atom stereocenters. The number of hydrogen-bond acceptors (Lipinski definition) is 4. The van der Waals surface area contributed by atoms with Gasteiger partial charge in [-0.05, 0) is 52.6 Å². The molecule has 1 N–H and O–H groups in total. The van der Waals surface area contributed by atoms with Crippen molar-refractivity contribution in [2.75, 3.05) is 39.0 Å². The molecule has 1 aliphatic heterocycles. The van der Waals surface area contributed by atoms with E-state index in [1.807, 2.05) is 20.9 Å². The summed E-state index contributed by atoms with van der Waals surface area (Å²) < 4.78 is 31.2. The molecule has 0 aliphatic carbocycles. The van der Waals surface area contributed by atoms with Crippen LogP contribution in [0.1, 0.15) is 33.1 Å². The zero-order valence-electron chi connectivity index (χ0n) is 12.4. The topological polar surface area (TPSA) is 58.6 Å². The van der Waals surface area contributed by atoms with Gasteiger partial charge in [0.25, 0.3) is 0 Å². The van der Waals surface area contributed by atoms with E-state index in [1.54, 1.807) is 4.31 Å². The first-order valence-corrected chi connectivity index (χ1v) is 8.80. The standard InChI is InChI=1S/C13H28N2O3S/c1-12(2)18-10-11-19(16,17)15-8-5-13(6-9-15)4-7-14-3/h12-14H,4-11H2,1-3H3. The van der Waals surface area contributed by atoms with Crippen molar-refractivity contribution in [3.63, 3.8) is 0 Å². The molecule has 1 aliphatic rings. The van der Waals surface area contributed by atoms with Gasteiger partial charge in [0, 0.05) is 13.1 Å². The van der Waals surface area contributed by atoms with E-state index in [9.17, 15) is 8.42 Å². The maximum Gasteiger partial charge on any atom is 0.216 e. The molecular weight excluding hydrogens is 264 g/mol. The van der Waals surface area contributed by atoms with Crippen LogP contribution < -0.4 is 5.32 Å². The summed E-state index contributed by atoms with van der Waals surface area (Å²) in [5, 5.41) is 3.15. The van der Waals surface area contributed by atoms with Crippen LogP contribution in [-0.4, -0.2) is 57.9 Å². The predicted octanol–water partition coefficient (Wildman–Crippen LogP) is 1.06. The molecule has 6 heteroatoms. The largest absolute Gasteiger partial charge is 0.378 e. The van der Waals surface area contributed by atoms with Crippen molar-refractivity contribution in [3.05, 3.63) is 0 Å². The van der Waals surface area contributed by atoms with Gasteiger partial charge in [0.1, 0.15) is 0 Å². The molecule has 0 unspecified atom stereocenters. The van der Waals surface area contributed by atoms with Gasteiger partial charge in [-0.25, -0.2) is 12.7 Å². The van der Waals surface area contributed by atoms with Gasteiger partial charge in [0.05, 0.1) is 18.5 Å². The highest BCUT2D eigenvalue weighted by molar-refractivity contribution is 7.89. The Balaban J connectivity index is 2.32. The fourth-order valence-electron chi connectivity index (χ4n) is 2.34. The Hall–Kier alpha value is -0.170. The van der Waals surface area contributed by atoms with E-state index in [0.717, 1.165) is 25.8 Å². The molecule has 1 heterocycles. The van der Waals surface area contributed by atoms with E-state index in [1.165, 1.54) is 0 Å². The van der Waals surface area contributed by atoms with Crippen LogP contribution in [0.25, 0.3) is 0 Å². The molecule has 0 aromatic carbocycles. The van der Waals surface area contributed by atoms with Gasteiger partial charge in [-0.3, -0.25) is 0 Å². The minimum atomic E-state index is -3.13. The van der Waals surface area contributed by atoms with Crippen LogP contribution in [0, 0.1) is 5.92 Å². The van der Waals surface area contributed by atoms with Gasteiger partial charge in [-0.15, -0.1) is 0 Å². The third-order valence-electron chi connectivity index (χ3n) is 3.56. The van der Waals surface area contributed by atoms with E-state index < -0.39 is 10.0 Å². The molecule has 0 spiro atoms. The number of ether oxygens (including phenoxy) is 1. The second kappa shape index (κ2) is 8.19. The lowest BCUT2D eigenvalue weighted by Gasteiger charge is -2.31. The minimum absolute atomic E-state index is 0.0856. The average molecular weight is 292 g/mol. The maximum absolute atomic E-state index is 12.1. The molecular formula is C13H28N2O3S. The highest BCUT2D eigenvalue weighted by Crippen LogP contribution is 2.22. The van der Waals surface area contributed by atoms with Gasteiger partial charge in [0.2, 0.25) is 10.0 Å². The fourth-order valence-corrected chi connectivity index (χ4v) is 3.68. The lowest BCUT2D eigenvalue weighted by atomic mass is 9.95. The number of hydrogen-bond donors (Lipinski definition) is 1. The quantitative estimate of drug-likeness (QED) is 0.727. The molecule has 0 radical (unpaired) electrons. The Morgan fingerprint density at radius 1 is 1.32 bits per heavy atom. The first kappa shape index (κ1) is 16.9. The zero-order chi connectivity index (χ0) is 14.3. The van der Waals surface area contributed by atoms with E-state index >= 15 is 0 Å². The number of nitrogens with zero attached hydrogens (tertiary/aromatic N) is 1. The number of nitrogens with one attached hydrogen (secondary N) is 1. The second-order valence-electron chi connectivity index (χ2n) is 5.47. The van der Waals surface area contributed by atoms with Crippen LogP contribution in [0.4, 0.5) is 0 Å². The Kier molecular flexibility index (Phi) is 7.28. The summed E-state index contributed by atoms with van der Waals surface area (Å²) in [7, 11) is -1.18. The Morgan fingerprint density at radius 2 is 1.95 bits per heavy atom. The molecule has 0 amide bonds. The molecule has 114 valence electrons. The molecule has 1 rings (SSSR count). The Bertz CT molecular complexity index is 336. The summed E-state index contributed by atoms with van der Waals surface area (Å²) in [5.41, 5.74) is 0. The normalized spacial score (nSPS) is 19.2. The summed E-state index contributed by atoms with van der Waals surface area (Å²) in [6, 6.07) is 0. The lowest BCUT2D eigenvalue weighted by molar-refractivity contribution is 0.0904. The molecule has 0 aromatic heterocycles. The summed E-state index contributed by atoms with van der Waals surface area (Å²) in [4.78, 5) is 0. The van der Waals surface area contributed by atoms with Crippen molar-refractivity contribution in [1.29, 1.82) is 0 Å². The van der Waals surface area contributed by atoms with Gasteiger partial charge < -0.3 is 10.1 Å². The van der Waals surface area contributed by atoms with Crippen LogP contribution >= 0.6 is 0 Å². The summed E-state index contributed by atoms with van der Waals surface area (Å²) in [6.07, 6.45) is 3.18. The molecule has 0 saturated carbocycles. The monoisotopic (exact) mass is 292 g/mol. The smallest absolute Gasteiger partial charge is 0.216 e. The van der Waals surface area contributed by atoms with Gasteiger partial charge in [0.15, 0.2) is 0 Å². The third-order valence-corrected chi connectivity index (χ3v) is 5.40. The van der Waals surface area contributed by atoms with Crippen molar-refractivity contribution < 1.29 is 13.2 Å². The molecule has 5 nitrogen and oxygen atoms in total. The number of rotatable bonds is 8. The van der Waals surface area contributed by atoms with Crippen LogP contribution in [0.2, 0.25) is 0 Å². The SMILES string of the molecule is CNCCC1CCN(S(=O)(=O)CCOC(C)C)CC1. The summed E-state index contributed by atoms with van der Waals surface area (Å²) in [6.45, 7) is 6.47. The fraction of sp³-hybridized carbons (Fsp3) is 1.00. The summed E-state index contributed by atoms with van der Waals surface area (Å²) in [5.74, 6) is 0.762. The first-order valence-electron chi connectivity index (χ1n) is 7.19. The predicted molar refractivity (Wildman–Crippen MR) is 77.7 cm³/mol. The second-order valence-corrected chi connectivity index (χ2v) is 7.56. The number of piperidine rings is 1. The van der Waals surface area contributed by atoms with E-state index in [2.05, 4.69) is 5.32 Å². The van der Waals surface area contributed by atoms with Crippen molar-refractivity contribution in [2.45, 2.75) is 39.2 Å². The maximum atomic E-state index is 12.1. The van der Waals surface area contributed by atoms with Gasteiger partial charge >= 0.3 is 0 Å². The average Bonchev–Trinajstić information content (AvgIpc) is 2.36. The van der Waals surface area contributed by atoms with Gasteiger partial charge in [-0.1, -0.05) is 0 Å². The van der Waals surface area contributed by atoms with Crippen LogP contribution in [-0.2, 0) is 14.8 Å². The van der Waals surface area contributed by atoms with Gasteiger partial charge in [-0.2, -0.15) is 0 Å². The lowest BCUT2D eigenvalue weighted by Crippen LogP contribution is -2.41. The minimum Gasteiger partial charge on any atom is -0.378 e. The molecule has 1 saturated heterocycles. The van der Waals surface area contributed by atoms with E-state index in [0.29, 0.717) is 25.6 Å². The van der Waals surface area contributed by atoms with Crippen LogP contribution in [0.15, 0.2) is 0 Å². The highest BCUT2D eigenvalue weighted by atomic mass is 32.2. The zero-order valence-corrected chi connectivity index (χ0v) is 13.2. The molecule has 0 bridgehead atoms. The first-order chi connectivity index (χ1) is 8.95. The summed E-state index contributed by atoms with van der Waals surface area (Å²) >= 11 is 0. The van der Waals surface area contributed by atoms with Crippen molar-refractivity contribution in [3.8, 4) is 0 Å². The number of sulfonamides is 1. The van der Waals surface area contributed by atoms with E-state index in [-0.39, 0.29) is 11.9 Å². The van der Waals surface area contributed by atoms with Crippen molar-refractivity contribution in [2.24, 2.45) is 5.92 Å². The Morgan fingerprint density at radius 3 is 2.47 bits per heavy atom. The third kappa shape index (κ3) is 6.21. The van der Waals surface area contributed by atoms with Crippen LogP contribution in [0.3, 0.4) is 0 Å². The molecule has 19 heavy (non-hydrogen) atoms. The molecule has 1 fully saturated rings. The Labute approximate surface area is 117 Å². The highest BCUT2D eigenvalue weighted by Gasteiger charge is 2.27. The van der Waals surface area contributed by atoms with Crippen molar-refractivity contribution >= 4 is 10.0 Å². The molecule has 0 aromatic rings. The van der Waals surface area contributed by atoms with E-state index in [4.69, 9.17) is 4.74 Å². The van der Waals surface area contributed by atoms with Crippen LogP contribution in [0.5, 0.6) is 0 Å².